The topological polar surface area (TPSA) is 172 Å². The van der Waals surface area contributed by atoms with Gasteiger partial charge >= 0.3 is 0 Å². The molecule has 0 unspecified atom stereocenters. The van der Waals surface area contributed by atoms with E-state index in [9.17, 15) is 26.4 Å². The summed E-state index contributed by atoms with van der Waals surface area (Å²) in [4.78, 5) is 41.9. The molecule has 75 heavy (non-hydrogen) atoms. The molecule has 1 amide bonds. The predicted octanol–water partition coefficient (Wildman–Crippen LogP) is 8.63. The number of carbonyl (C=O) groups excluding carboxylic acids is 2. The summed E-state index contributed by atoms with van der Waals surface area (Å²) in [5.41, 5.74) is 6.75. The second-order valence-electron chi connectivity index (χ2n) is 17.1. The quantitative estimate of drug-likeness (QED) is 0.0680. The molecule has 1 N–H and O–H groups in total. The number of nitrogens with zero attached hydrogens (tertiary/aromatic N) is 9. The van der Waals surface area contributed by atoms with E-state index in [1.54, 1.807) is 7.05 Å². The monoisotopic (exact) mass is 1140 g/mol. The summed E-state index contributed by atoms with van der Waals surface area (Å²) >= 11 is 23.7. The highest BCUT2D eigenvalue weighted by atomic mass is 35.5. The fourth-order valence-electron chi connectivity index (χ4n) is 8.02. The molecular weight excluding hydrogens is 1080 g/mol. The van der Waals surface area contributed by atoms with Crippen LogP contribution in [0.1, 0.15) is 6.42 Å². The number of pyridine rings is 2. The zero-order valence-electron chi connectivity index (χ0n) is 42.0. The summed E-state index contributed by atoms with van der Waals surface area (Å²) in [7, 11) is -1.22. The van der Waals surface area contributed by atoms with Gasteiger partial charge in [0.15, 0.2) is 0 Å². The van der Waals surface area contributed by atoms with E-state index in [4.69, 9.17) is 46.4 Å². The Morgan fingerprint density at radius 1 is 0.573 bits per heavy atom. The number of aromatic nitrogens is 2. The van der Waals surface area contributed by atoms with Crippen LogP contribution in [0.4, 0.5) is 34.1 Å². The fourth-order valence-corrected chi connectivity index (χ4v) is 11.8. The van der Waals surface area contributed by atoms with E-state index >= 15 is 0 Å². The number of halogens is 4. The summed E-state index contributed by atoms with van der Waals surface area (Å²) in [6.45, 7) is 8.12. The molecule has 400 valence electrons. The minimum Gasteiger partial charge on any atom is -0.466 e. The van der Waals surface area contributed by atoms with Gasteiger partial charge in [-0.1, -0.05) is 58.5 Å². The predicted molar refractivity (Wildman–Crippen MR) is 302 cm³/mol. The van der Waals surface area contributed by atoms with E-state index in [-0.39, 0.29) is 68.4 Å². The van der Waals surface area contributed by atoms with Crippen molar-refractivity contribution < 1.29 is 31.2 Å². The van der Waals surface area contributed by atoms with Crippen LogP contribution in [0.5, 0.6) is 0 Å². The van der Waals surface area contributed by atoms with Crippen molar-refractivity contribution in [3.05, 3.63) is 154 Å². The van der Waals surface area contributed by atoms with E-state index in [1.165, 1.54) is 72.5 Å². The van der Waals surface area contributed by atoms with Crippen LogP contribution >= 0.6 is 46.4 Å². The Hall–Kier alpha value is -5.90. The maximum Gasteiger partial charge on any atom is 0.293 e. The number of hydrogen-bond acceptors (Lipinski definition) is 14. The molecule has 0 radical (unpaired) electrons. The number of rotatable bonds is 17. The summed E-state index contributed by atoms with van der Waals surface area (Å²) in [5, 5.41) is 3.42. The molecule has 6 aromatic rings. The van der Waals surface area contributed by atoms with Crippen molar-refractivity contribution >= 4 is 113 Å². The van der Waals surface area contributed by atoms with Crippen molar-refractivity contribution in [1.82, 2.24) is 18.6 Å². The van der Waals surface area contributed by atoms with Crippen LogP contribution in [0.15, 0.2) is 144 Å². The van der Waals surface area contributed by atoms with Crippen LogP contribution in [0, 0.1) is 0 Å². The fraction of sp³-hybridized carbons (Fsp3) is 0.308. The van der Waals surface area contributed by atoms with Crippen LogP contribution in [-0.4, -0.2) is 148 Å². The number of anilines is 6. The third-order valence-electron chi connectivity index (χ3n) is 12.6. The first-order valence-electron chi connectivity index (χ1n) is 23.8. The van der Waals surface area contributed by atoms with E-state index in [2.05, 4.69) is 76.0 Å². The van der Waals surface area contributed by atoms with Gasteiger partial charge in [0, 0.05) is 159 Å². The Morgan fingerprint density at radius 3 is 1.33 bits per heavy atom. The van der Waals surface area contributed by atoms with Gasteiger partial charge in [-0.15, -0.1) is 0 Å². The molecule has 0 saturated carbocycles. The zero-order valence-corrected chi connectivity index (χ0v) is 46.6. The van der Waals surface area contributed by atoms with Gasteiger partial charge < -0.3 is 34.6 Å². The number of hydrogen-bond donors (Lipinski definition) is 1. The van der Waals surface area contributed by atoms with Crippen molar-refractivity contribution in [2.45, 2.75) is 16.2 Å². The standard InChI is InChI=1S/C26H29Cl2N5O3S.C16H20N4.C10H11Cl2NO4S/c1-30(37(35,36)24-5-3-4-23(27)26(24)28)15-12-25(34)31(2)20-6-8-21(9-7-20)32-16-18-33(19-17-32)22-10-13-29-14-11-22;1-17-14-2-4-15(5-3-14)19-10-12-20(13-11-19)16-6-8-18-9-7-16;1-13(5-6-17-7-14)18(15,16)9-4-2-3-8(11)10(9)12/h3-11,13-14H,12,15-19H2,1-2H3;2-9,17H,10-13H2,1H3;2-4,7H,5-6H2,1H3. The largest absolute Gasteiger partial charge is 0.466 e. The van der Waals surface area contributed by atoms with Gasteiger partial charge in [-0.05, 0) is 97.1 Å². The molecule has 0 spiro atoms. The highest BCUT2D eigenvalue weighted by Gasteiger charge is 2.27. The Kier molecular flexibility index (Phi) is 21.6. The molecule has 4 aromatic carbocycles. The number of sulfonamides is 2. The van der Waals surface area contributed by atoms with Gasteiger partial charge in [-0.2, -0.15) is 4.31 Å². The normalized spacial score (nSPS) is 13.8. The van der Waals surface area contributed by atoms with Crippen LogP contribution in [0.3, 0.4) is 0 Å². The molecule has 2 fully saturated rings. The molecule has 2 aromatic heterocycles. The van der Waals surface area contributed by atoms with Crippen molar-refractivity contribution in [2.75, 3.05) is 130 Å². The molecule has 4 heterocycles. The number of ether oxygens (including phenoxy) is 1. The third kappa shape index (κ3) is 15.6. The molecule has 2 aliphatic heterocycles. The van der Waals surface area contributed by atoms with Crippen LogP contribution < -0.4 is 29.8 Å². The summed E-state index contributed by atoms with van der Waals surface area (Å²) in [6, 6.07) is 33.5. The van der Waals surface area contributed by atoms with Crippen LogP contribution in [0.25, 0.3) is 0 Å². The smallest absolute Gasteiger partial charge is 0.293 e. The second kappa shape index (κ2) is 27.8. The van der Waals surface area contributed by atoms with Gasteiger partial charge in [-0.25, -0.2) is 21.1 Å². The first-order chi connectivity index (χ1) is 36.0. The number of amides is 1. The maximum absolute atomic E-state index is 12.9. The Labute approximate surface area is 460 Å². The van der Waals surface area contributed by atoms with Gasteiger partial charge in [0.05, 0.1) is 20.1 Å². The van der Waals surface area contributed by atoms with E-state index in [0.717, 1.165) is 78.0 Å². The number of likely N-dealkylation sites (N-methyl/N-ethyl adjacent to an activating group) is 1. The molecule has 23 heteroatoms. The molecule has 2 saturated heterocycles. The molecule has 8 rings (SSSR count). The van der Waals surface area contributed by atoms with Crippen LogP contribution in [0.2, 0.25) is 20.1 Å². The summed E-state index contributed by atoms with van der Waals surface area (Å²) in [5.74, 6) is -0.196. The van der Waals surface area contributed by atoms with Crippen molar-refractivity contribution in [2.24, 2.45) is 0 Å². The lowest BCUT2D eigenvalue weighted by molar-refractivity contribution is -0.128. The number of nitrogens with one attached hydrogen (secondary N) is 1. The first kappa shape index (κ1) is 58.4. The van der Waals surface area contributed by atoms with Crippen molar-refractivity contribution in [3.8, 4) is 0 Å². The van der Waals surface area contributed by atoms with Gasteiger partial charge in [0.1, 0.15) is 16.4 Å². The van der Waals surface area contributed by atoms with Gasteiger partial charge in [-0.3, -0.25) is 19.6 Å². The highest BCUT2D eigenvalue weighted by Crippen LogP contribution is 2.32. The molecule has 2 aliphatic rings. The van der Waals surface area contributed by atoms with E-state index in [0.29, 0.717) is 0 Å². The molecule has 0 bridgehead atoms. The Morgan fingerprint density at radius 2 is 0.947 bits per heavy atom. The molecule has 0 aliphatic carbocycles. The first-order valence-corrected chi connectivity index (χ1v) is 28.2. The van der Waals surface area contributed by atoms with Crippen LogP contribution in [-0.2, 0) is 34.4 Å². The maximum atomic E-state index is 12.9. The average molecular weight is 1140 g/mol. The minimum atomic E-state index is -3.88. The zero-order chi connectivity index (χ0) is 54.1. The van der Waals surface area contributed by atoms with Gasteiger partial charge in [0.2, 0.25) is 26.0 Å². The molecule has 17 nitrogen and oxygen atoms in total. The lowest BCUT2D eigenvalue weighted by atomic mass is 10.2. The Balaban J connectivity index is 0.000000202. The third-order valence-corrected chi connectivity index (χ3v) is 18.2. The second-order valence-corrected chi connectivity index (χ2v) is 22.7. The average Bonchev–Trinajstić information content (AvgIpc) is 3.44. The van der Waals surface area contributed by atoms with Crippen molar-refractivity contribution in [1.29, 1.82) is 0 Å². The lowest BCUT2D eigenvalue weighted by Crippen LogP contribution is -2.46. The Bertz CT molecular complexity index is 3010. The minimum absolute atomic E-state index is 0.00812. The number of benzene rings is 4. The molecule has 0 atom stereocenters. The number of carbonyl (C=O) groups is 2. The summed E-state index contributed by atoms with van der Waals surface area (Å²) in [6.07, 6.45) is 7.35. The number of piperazine rings is 2. The molecular formula is C52H60Cl4N10O7S2. The van der Waals surface area contributed by atoms with Crippen molar-refractivity contribution in [3.63, 3.8) is 0 Å². The SMILES string of the molecule is CN(C(=O)CCN(C)S(=O)(=O)c1cccc(Cl)c1Cl)c1ccc(N2CCN(c3ccncc3)CC2)cc1.CN(CCOC=O)S(=O)(=O)c1cccc(Cl)c1Cl.CNc1ccc(N2CCN(c3ccncc3)CC2)cc1. The lowest BCUT2D eigenvalue weighted by Gasteiger charge is -2.37. The summed E-state index contributed by atoms with van der Waals surface area (Å²) < 4.78 is 56.7. The highest BCUT2D eigenvalue weighted by molar-refractivity contribution is 7.89. The van der Waals surface area contributed by atoms with E-state index in [1.807, 2.05) is 68.2 Å². The van der Waals surface area contributed by atoms with E-state index < -0.39 is 20.0 Å². The van der Waals surface area contributed by atoms with Gasteiger partial charge in [0.25, 0.3) is 6.47 Å².